The van der Waals surface area contributed by atoms with E-state index in [1.807, 2.05) is 48.7 Å². The van der Waals surface area contributed by atoms with Crippen molar-refractivity contribution in [1.82, 2.24) is 14.3 Å². The second-order valence-electron chi connectivity index (χ2n) is 7.97. The van der Waals surface area contributed by atoms with Gasteiger partial charge in [-0.2, -0.15) is 0 Å². The number of nitrogens with one attached hydrogen (secondary N) is 1. The second-order valence-corrected chi connectivity index (χ2v) is 8.38. The fourth-order valence-corrected chi connectivity index (χ4v) is 4.30. The molecule has 0 aliphatic rings. The molecule has 0 spiro atoms. The lowest BCUT2D eigenvalue weighted by molar-refractivity contribution is 0.0697. The first-order chi connectivity index (χ1) is 16.4. The van der Waals surface area contributed by atoms with Gasteiger partial charge in [-0.05, 0) is 35.9 Å². The molecule has 2 aromatic heterocycles. The molecule has 0 unspecified atom stereocenters. The van der Waals surface area contributed by atoms with Crippen molar-refractivity contribution >= 4 is 41.1 Å². The Bertz CT molecular complexity index is 1710. The van der Waals surface area contributed by atoms with E-state index in [0.29, 0.717) is 22.8 Å². The van der Waals surface area contributed by atoms with Gasteiger partial charge in [0.05, 0.1) is 26.8 Å². The van der Waals surface area contributed by atoms with Gasteiger partial charge in [0, 0.05) is 29.2 Å². The number of halogens is 1. The minimum atomic E-state index is -1.17. The van der Waals surface area contributed by atoms with Crippen LogP contribution in [0.15, 0.2) is 83.8 Å². The Balaban J connectivity index is 1.65. The van der Waals surface area contributed by atoms with E-state index in [0.717, 1.165) is 16.5 Å². The predicted octanol–water partition coefficient (Wildman–Crippen LogP) is 3.76. The van der Waals surface area contributed by atoms with E-state index in [-0.39, 0.29) is 16.1 Å². The number of carbonyl (C=O) groups is 1. The van der Waals surface area contributed by atoms with Gasteiger partial charge in [-0.25, -0.2) is 9.48 Å². The van der Waals surface area contributed by atoms with E-state index in [4.69, 9.17) is 11.6 Å². The molecule has 2 N–H and O–H groups in total. The number of hydrogen-bond acceptors (Lipinski definition) is 2. The van der Waals surface area contributed by atoms with Gasteiger partial charge < -0.3 is 9.67 Å². The number of H-pyrrole nitrogens is 1. The molecule has 2 heterocycles. The molecule has 0 radical (unpaired) electrons. The van der Waals surface area contributed by atoms with Gasteiger partial charge in [-0.1, -0.05) is 66.7 Å². The summed E-state index contributed by atoms with van der Waals surface area (Å²) < 4.78 is 3.43. The summed E-state index contributed by atoms with van der Waals surface area (Å²) in [5, 5.41) is 14.3. The average molecular weight is 470 g/mol. The van der Waals surface area contributed by atoms with Crippen LogP contribution < -0.4 is 16.1 Å². The van der Waals surface area contributed by atoms with Crippen LogP contribution in [0.1, 0.15) is 21.5 Å². The molecule has 0 amide bonds. The quantitative estimate of drug-likeness (QED) is 0.411. The fourth-order valence-electron chi connectivity index (χ4n) is 4.10. The van der Waals surface area contributed by atoms with Gasteiger partial charge in [0.25, 0.3) is 5.56 Å². The van der Waals surface area contributed by atoms with Gasteiger partial charge >= 0.3 is 5.97 Å². The van der Waals surface area contributed by atoms with Crippen molar-refractivity contribution < 1.29 is 9.90 Å². The van der Waals surface area contributed by atoms with Crippen molar-refractivity contribution in [3.63, 3.8) is 0 Å². The van der Waals surface area contributed by atoms with E-state index >= 15 is 0 Å². The number of carboxylic acids is 1. The molecular weight excluding hydrogens is 450 g/mol. The molecule has 0 aliphatic heterocycles. The highest BCUT2D eigenvalue weighted by atomic mass is 35.5. The zero-order chi connectivity index (χ0) is 23.8. The van der Waals surface area contributed by atoms with Crippen LogP contribution >= 0.6 is 11.6 Å². The van der Waals surface area contributed by atoms with Crippen molar-refractivity contribution in [2.45, 2.75) is 6.54 Å². The lowest BCUT2D eigenvalue weighted by Gasteiger charge is -2.05. The highest BCUT2D eigenvalue weighted by molar-refractivity contribution is 6.33. The third-order valence-corrected chi connectivity index (χ3v) is 6.09. The van der Waals surface area contributed by atoms with Crippen LogP contribution in [0, 0.1) is 0 Å². The summed E-state index contributed by atoms with van der Waals surface area (Å²) in [7, 11) is 0. The third-order valence-electron chi connectivity index (χ3n) is 5.76. The Hall–Kier alpha value is -4.29. The molecular formula is C27H20ClN3O3. The number of fused-ring (bicyclic) bond motifs is 1. The Kier molecular flexibility index (Phi) is 5.43. The summed E-state index contributed by atoms with van der Waals surface area (Å²) in [6, 6.07) is 22.6. The minimum Gasteiger partial charge on any atom is -0.478 e. The molecule has 0 saturated heterocycles. The number of hydrogen-bond donors (Lipinski definition) is 2. The number of benzene rings is 3. The van der Waals surface area contributed by atoms with Crippen LogP contribution in [0.4, 0.5) is 0 Å². The summed E-state index contributed by atoms with van der Waals surface area (Å²) in [5.74, 6) is -1.17. The molecule has 5 rings (SSSR count). The number of rotatable bonds is 5. The summed E-state index contributed by atoms with van der Waals surface area (Å²) in [6.45, 7) is 4.70. The minimum absolute atomic E-state index is 0.0826. The zero-order valence-electron chi connectivity index (χ0n) is 18.0. The number of aromatic nitrogens is 3. The van der Waals surface area contributed by atoms with Gasteiger partial charge in [-0.15, -0.1) is 0 Å². The number of carboxylic acid groups (broad SMARTS) is 1. The van der Waals surface area contributed by atoms with Crippen molar-refractivity contribution in [3.05, 3.63) is 122 Å². The first-order valence-corrected chi connectivity index (χ1v) is 11.0. The van der Waals surface area contributed by atoms with Gasteiger partial charge in [0.2, 0.25) is 0 Å². The van der Waals surface area contributed by atoms with Crippen LogP contribution in [0.2, 0.25) is 5.02 Å². The topological polar surface area (TPSA) is 80.0 Å². The first kappa shape index (κ1) is 21.6. The zero-order valence-corrected chi connectivity index (χ0v) is 18.8. The lowest BCUT2D eigenvalue weighted by Crippen LogP contribution is -2.34. The molecule has 5 aromatic rings. The maximum absolute atomic E-state index is 13.3. The SMILES string of the molecule is C=c1[nH]n(-c2ccc(Cl)c(C(=O)O)c2)c(=O)c1=Cc1cn(Cc2ccccc2)c2ccccc12. The first-order valence-electron chi connectivity index (χ1n) is 10.6. The van der Waals surface area contributed by atoms with Crippen molar-refractivity contribution in [2.24, 2.45) is 0 Å². The maximum atomic E-state index is 13.3. The molecule has 0 aliphatic carbocycles. The molecule has 34 heavy (non-hydrogen) atoms. The fraction of sp³-hybridized carbons (Fsp3) is 0.0370. The van der Waals surface area contributed by atoms with Crippen LogP contribution in [0.25, 0.3) is 29.2 Å². The van der Waals surface area contributed by atoms with Crippen molar-refractivity contribution in [1.29, 1.82) is 0 Å². The van der Waals surface area contributed by atoms with Gasteiger partial charge in [-0.3, -0.25) is 9.89 Å². The van der Waals surface area contributed by atoms with Crippen molar-refractivity contribution in [3.8, 4) is 5.69 Å². The summed E-state index contributed by atoms with van der Waals surface area (Å²) in [5.41, 5.74) is 3.07. The molecule has 0 saturated carbocycles. The van der Waals surface area contributed by atoms with E-state index < -0.39 is 5.97 Å². The normalized spacial score (nSPS) is 11.9. The van der Waals surface area contributed by atoms with Crippen LogP contribution in [0.3, 0.4) is 0 Å². The molecule has 0 atom stereocenters. The Labute approximate surface area is 199 Å². The largest absolute Gasteiger partial charge is 0.478 e. The molecule has 0 fully saturated rings. The van der Waals surface area contributed by atoms with Crippen LogP contribution in [-0.2, 0) is 6.54 Å². The number of aromatic carboxylic acids is 1. The maximum Gasteiger partial charge on any atom is 0.337 e. The summed E-state index contributed by atoms with van der Waals surface area (Å²) in [4.78, 5) is 24.7. The van der Waals surface area contributed by atoms with Gasteiger partial charge in [0.1, 0.15) is 0 Å². The highest BCUT2D eigenvalue weighted by Gasteiger charge is 2.13. The average Bonchev–Trinajstić information content (AvgIpc) is 3.32. The van der Waals surface area contributed by atoms with Crippen molar-refractivity contribution in [2.75, 3.05) is 0 Å². The molecule has 0 bridgehead atoms. The number of aromatic amines is 1. The van der Waals surface area contributed by atoms with Gasteiger partial charge in [0.15, 0.2) is 0 Å². The Morgan fingerprint density at radius 1 is 1.06 bits per heavy atom. The van der Waals surface area contributed by atoms with E-state index in [9.17, 15) is 14.7 Å². The smallest absolute Gasteiger partial charge is 0.337 e. The Morgan fingerprint density at radius 2 is 1.79 bits per heavy atom. The predicted molar refractivity (Wildman–Crippen MR) is 134 cm³/mol. The summed E-state index contributed by atoms with van der Waals surface area (Å²) in [6.07, 6.45) is 3.84. The summed E-state index contributed by atoms with van der Waals surface area (Å²) >= 11 is 5.98. The Morgan fingerprint density at radius 3 is 2.56 bits per heavy atom. The number of nitrogens with zero attached hydrogens (tertiary/aromatic N) is 2. The molecule has 3 aromatic carbocycles. The molecule has 168 valence electrons. The molecule has 6 nitrogen and oxygen atoms in total. The monoisotopic (exact) mass is 469 g/mol. The van der Waals surface area contributed by atoms with Crippen LogP contribution in [-0.4, -0.2) is 25.4 Å². The van der Waals surface area contributed by atoms with Crippen LogP contribution in [0.5, 0.6) is 0 Å². The standard InChI is InChI=1S/C27H20ClN3O3/c1-17-22(26(32)31(29-17)20-11-12-24(28)23(14-20)27(33)34)13-19-16-30(15-18-7-3-2-4-8-18)25-10-6-5-9-21(19)25/h2-14,16,29H,1,15H2,(H,33,34). The highest BCUT2D eigenvalue weighted by Crippen LogP contribution is 2.23. The lowest BCUT2D eigenvalue weighted by atomic mass is 10.1. The molecule has 7 heteroatoms. The number of para-hydroxylation sites is 1. The second kappa shape index (κ2) is 8.57. The third kappa shape index (κ3) is 3.84. The van der Waals surface area contributed by atoms with E-state index in [2.05, 4.69) is 34.4 Å². The van der Waals surface area contributed by atoms with E-state index in [1.165, 1.54) is 22.4 Å². The van der Waals surface area contributed by atoms with E-state index in [1.54, 1.807) is 6.07 Å².